The van der Waals surface area contributed by atoms with Crippen LogP contribution in [0.1, 0.15) is 42.6 Å². The average Bonchev–Trinajstić information content (AvgIpc) is 2.73. The fourth-order valence-electron chi connectivity index (χ4n) is 2.33. The van der Waals surface area contributed by atoms with Gasteiger partial charge in [-0.1, -0.05) is 13.3 Å². The topological polar surface area (TPSA) is 94.4 Å². The van der Waals surface area contributed by atoms with Crippen LogP contribution in [0, 0.1) is 0 Å². The van der Waals surface area contributed by atoms with Crippen LogP contribution in [0.3, 0.4) is 0 Å². The van der Waals surface area contributed by atoms with Crippen LogP contribution in [0.5, 0.6) is 11.5 Å². The van der Waals surface area contributed by atoms with Gasteiger partial charge < -0.3 is 19.3 Å². The smallest absolute Gasteiger partial charge is 0.344 e. The number of carboxylic acid groups (broad SMARTS) is 1. The lowest BCUT2D eigenvalue weighted by Gasteiger charge is -2.14. The minimum Gasteiger partial charge on any atom is -0.493 e. The maximum Gasteiger partial charge on any atom is 0.344 e. The molecule has 154 valence electrons. The Kier molecular flexibility index (Phi) is 8.21. The quantitative estimate of drug-likeness (QED) is 0.364. The molecule has 2 aromatic carbocycles. The van der Waals surface area contributed by atoms with Crippen molar-refractivity contribution in [1.82, 2.24) is 0 Å². The number of carbonyl (C=O) groups is 2. The Morgan fingerprint density at radius 3 is 2.48 bits per heavy atom. The predicted octanol–water partition coefficient (Wildman–Crippen LogP) is 4.25. The number of esters is 1. The molecule has 2 aromatic rings. The highest BCUT2D eigenvalue weighted by Crippen LogP contribution is 2.28. The number of benzene rings is 2. The lowest BCUT2D eigenvalue weighted by molar-refractivity contribution is -0.144. The first-order valence-corrected chi connectivity index (χ1v) is 9.33. The molecule has 0 unspecified atom stereocenters. The first kappa shape index (κ1) is 21.9. The highest BCUT2D eigenvalue weighted by Gasteiger charge is 2.15. The number of aliphatic imine (C=N–C) groups is 1. The van der Waals surface area contributed by atoms with Gasteiger partial charge in [0, 0.05) is 6.21 Å². The van der Waals surface area contributed by atoms with E-state index >= 15 is 0 Å². The standard InChI is InChI=1S/C22H25NO6/c1-4-5-12-28-22(26)17-7-9-18(10-8-17)23-14-16-6-11-19(20(13-16)27-3)29-15(2)21(24)25/h6-11,13-15H,4-5,12H2,1-3H3,(H,24,25)/t15-/m0/s1. The molecule has 7 heteroatoms. The fourth-order valence-corrected chi connectivity index (χ4v) is 2.33. The predicted molar refractivity (Wildman–Crippen MR) is 110 cm³/mol. The van der Waals surface area contributed by atoms with Gasteiger partial charge in [-0.05, 0) is 61.4 Å². The molecule has 0 aliphatic carbocycles. The number of carboxylic acids is 1. The number of ether oxygens (including phenoxy) is 3. The van der Waals surface area contributed by atoms with Crippen LogP contribution in [0.4, 0.5) is 5.69 Å². The summed E-state index contributed by atoms with van der Waals surface area (Å²) >= 11 is 0. The van der Waals surface area contributed by atoms with Gasteiger partial charge in [0.2, 0.25) is 0 Å². The van der Waals surface area contributed by atoms with Gasteiger partial charge in [0.25, 0.3) is 0 Å². The molecule has 0 heterocycles. The molecule has 1 N–H and O–H groups in total. The van der Waals surface area contributed by atoms with Crippen LogP contribution >= 0.6 is 0 Å². The summed E-state index contributed by atoms with van der Waals surface area (Å²) in [7, 11) is 1.48. The molecular weight excluding hydrogens is 374 g/mol. The van der Waals surface area contributed by atoms with Crippen LogP contribution in [0.2, 0.25) is 0 Å². The number of carbonyl (C=O) groups excluding carboxylic acids is 1. The van der Waals surface area contributed by atoms with Crippen molar-refractivity contribution in [3.8, 4) is 11.5 Å². The van der Waals surface area contributed by atoms with E-state index < -0.39 is 12.1 Å². The monoisotopic (exact) mass is 399 g/mol. The van der Waals surface area contributed by atoms with E-state index in [0.717, 1.165) is 18.4 Å². The van der Waals surface area contributed by atoms with E-state index in [-0.39, 0.29) is 5.97 Å². The molecule has 0 saturated heterocycles. The molecule has 0 radical (unpaired) electrons. The van der Waals surface area contributed by atoms with Crippen LogP contribution in [-0.4, -0.2) is 43.1 Å². The van der Waals surface area contributed by atoms with Crippen molar-refractivity contribution in [2.45, 2.75) is 32.8 Å². The van der Waals surface area contributed by atoms with Crippen molar-refractivity contribution in [3.05, 3.63) is 53.6 Å². The average molecular weight is 399 g/mol. The van der Waals surface area contributed by atoms with Gasteiger partial charge in [0.05, 0.1) is 25.0 Å². The summed E-state index contributed by atoms with van der Waals surface area (Å²) < 4.78 is 15.8. The van der Waals surface area contributed by atoms with Gasteiger partial charge in [-0.25, -0.2) is 9.59 Å². The fraction of sp³-hybridized carbons (Fsp3) is 0.318. The Balaban J connectivity index is 2.05. The first-order chi connectivity index (χ1) is 13.9. The summed E-state index contributed by atoms with van der Waals surface area (Å²) in [5.74, 6) is -0.655. The van der Waals surface area contributed by atoms with Gasteiger partial charge in [0.1, 0.15) is 0 Å². The maximum atomic E-state index is 11.9. The van der Waals surface area contributed by atoms with E-state index in [1.807, 2.05) is 6.92 Å². The third kappa shape index (κ3) is 6.64. The van der Waals surface area contributed by atoms with Crippen molar-refractivity contribution >= 4 is 23.8 Å². The van der Waals surface area contributed by atoms with Gasteiger partial charge in [0.15, 0.2) is 17.6 Å². The largest absolute Gasteiger partial charge is 0.493 e. The molecule has 0 amide bonds. The zero-order valence-corrected chi connectivity index (χ0v) is 16.8. The minimum atomic E-state index is -1.06. The molecule has 0 aromatic heterocycles. The van der Waals surface area contributed by atoms with Gasteiger partial charge in [-0.3, -0.25) is 4.99 Å². The van der Waals surface area contributed by atoms with Gasteiger partial charge in [-0.15, -0.1) is 0 Å². The highest BCUT2D eigenvalue weighted by atomic mass is 16.5. The Morgan fingerprint density at radius 2 is 1.86 bits per heavy atom. The molecule has 2 rings (SSSR count). The Morgan fingerprint density at radius 1 is 1.14 bits per heavy atom. The summed E-state index contributed by atoms with van der Waals surface area (Å²) in [5, 5.41) is 8.96. The number of unbranched alkanes of at least 4 members (excludes halogenated alkanes) is 1. The highest BCUT2D eigenvalue weighted by molar-refractivity contribution is 5.90. The van der Waals surface area contributed by atoms with Crippen molar-refractivity contribution in [1.29, 1.82) is 0 Å². The number of rotatable bonds is 10. The Bertz CT molecular complexity index is 860. The Hall–Kier alpha value is -3.35. The van der Waals surface area contributed by atoms with Gasteiger partial charge in [-0.2, -0.15) is 0 Å². The number of hydrogen-bond acceptors (Lipinski definition) is 6. The lowest BCUT2D eigenvalue weighted by atomic mass is 10.2. The molecule has 1 atom stereocenters. The van der Waals surface area contributed by atoms with E-state index in [1.54, 1.807) is 48.7 Å². The van der Waals surface area contributed by atoms with Crippen molar-refractivity contribution in [2.24, 2.45) is 4.99 Å². The third-order valence-electron chi connectivity index (χ3n) is 4.04. The number of hydrogen-bond donors (Lipinski definition) is 1. The molecule has 0 fully saturated rings. The van der Waals surface area contributed by atoms with Crippen molar-refractivity contribution < 1.29 is 28.9 Å². The second kappa shape index (κ2) is 10.8. The van der Waals surface area contributed by atoms with E-state index in [4.69, 9.17) is 19.3 Å². The lowest BCUT2D eigenvalue weighted by Crippen LogP contribution is -2.23. The summed E-state index contributed by atoms with van der Waals surface area (Å²) in [6.07, 6.45) is 2.46. The zero-order valence-electron chi connectivity index (χ0n) is 16.8. The SMILES string of the molecule is CCCCOC(=O)c1ccc(N=Cc2ccc(O[C@@H](C)C(=O)O)c(OC)c2)cc1. The molecule has 7 nitrogen and oxygen atoms in total. The van der Waals surface area contributed by atoms with Gasteiger partial charge >= 0.3 is 11.9 Å². The van der Waals surface area contributed by atoms with E-state index in [9.17, 15) is 9.59 Å². The summed E-state index contributed by atoms with van der Waals surface area (Å²) in [4.78, 5) is 27.2. The molecule has 0 aliphatic rings. The normalized spacial score (nSPS) is 11.8. The molecule has 0 aliphatic heterocycles. The zero-order chi connectivity index (χ0) is 21.2. The molecule has 0 bridgehead atoms. The first-order valence-electron chi connectivity index (χ1n) is 9.33. The van der Waals surface area contributed by atoms with Crippen molar-refractivity contribution in [3.63, 3.8) is 0 Å². The number of nitrogens with zero attached hydrogens (tertiary/aromatic N) is 1. The van der Waals surface area contributed by atoms with E-state index in [1.165, 1.54) is 14.0 Å². The summed E-state index contributed by atoms with van der Waals surface area (Å²) in [6, 6.07) is 11.9. The second-order valence-corrected chi connectivity index (χ2v) is 6.30. The van der Waals surface area contributed by atoms with Crippen LogP contribution < -0.4 is 9.47 Å². The minimum absolute atomic E-state index is 0.338. The number of aliphatic carboxylic acids is 1. The second-order valence-electron chi connectivity index (χ2n) is 6.30. The molecule has 0 spiro atoms. The van der Waals surface area contributed by atoms with E-state index in [2.05, 4.69) is 4.99 Å². The number of methoxy groups -OCH3 is 1. The van der Waals surface area contributed by atoms with E-state index in [0.29, 0.717) is 29.4 Å². The molecule has 0 saturated carbocycles. The third-order valence-corrected chi connectivity index (χ3v) is 4.04. The van der Waals surface area contributed by atoms with Crippen LogP contribution in [-0.2, 0) is 9.53 Å². The van der Waals surface area contributed by atoms with Crippen molar-refractivity contribution in [2.75, 3.05) is 13.7 Å². The summed E-state index contributed by atoms with van der Waals surface area (Å²) in [5.41, 5.74) is 1.91. The maximum absolute atomic E-state index is 11.9. The summed E-state index contributed by atoms with van der Waals surface area (Å²) in [6.45, 7) is 3.90. The van der Waals surface area contributed by atoms with Crippen LogP contribution in [0.15, 0.2) is 47.5 Å². The van der Waals surface area contributed by atoms with Crippen LogP contribution in [0.25, 0.3) is 0 Å². The molecular formula is C22H25NO6. The Labute approximate surface area is 169 Å². The molecule has 29 heavy (non-hydrogen) atoms.